The number of nitrogens with zero attached hydrogens (tertiary/aromatic N) is 1. The first kappa shape index (κ1) is 24.5. The molecule has 0 aliphatic carbocycles. The molecule has 0 bridgehead atoms. The molecule has 10 heteroatoms. The maximum absolute atomic E-state index is 13.0. The Hall–Kier alpha value is -4.11. The first-order valence-electron chi connectivity index (χ1n) is 9.93. The fourth-order valence-electron chi connectivity index (χ4n) is 2.80. The maximum atomic E-state index is 13.0. The van der Waals surface area contributed by atoms with E-state index in [0.29, 0.717) is 27.8 Å². The van der Waals surface area contributed by atoms with E-state index in [4.69, 9.17) is 25.8 Å². The lowest BCUT2D eigenvalue weighted by atomic mass is 10.2. The van der Waals surface area contributed by atoms with Crippen LogP contribution in [0.2, 0.25) is 5.02 Å². The molecule has 0 aliphatic heterocycles. The topological polar surface area (TPSA) is 98.2 Å². The molecule has 0 spiro atoms. The lowest BCUT2D eigenvalue weighted by Crippen LogP contribution is -2.32. The van der Waals surface area contributed by atoms with Crippen LogP contribution in [0.15, 0.2) is 65.8 Å². The quantitative estimate of drug-likeness (QED) is 0.283. The van der Waals surface area contributed by atoms with Crippen LogP contribution in [0.25, 0.3) is 0 Å². The highest BCUT2D eigenvalue weighted by Gasteiger charge is 2.15. The van der Waals surface area contributed by atoms with Gasteiger partial charge in [0, 0.05) is 5.02 Å². The molecule has 0 radical (unpaired) electrons. The van der Waals surface area contributed by atoms with Crippen molar-refractivity contribution in [2.24, 2.45) is 5.10 Å². The molecule has 0 heterocycles. The van der Waals surface area contributed by atoms with Crippen molar-refractivity contribution < 1.29 is 28.2 Å². The summed E-state index contributed by atoms with van der Waals surface area (Å²) in [7, 11) is 2.91. The highest BCUT2D eigenvalue weighted by molar-refractivity contribution is 6.40. The van der Waals surface area contributed by atoms with Crippen molar-refractivity contribution in [2.75, 3.05) is 19.5 Å². The van der Waals surface area contributed by atoms with Gasteiger partial charge in [-0.3, -0.25) is 9.59 Å². The van der Waals surface area contributed by atoms with Crippen molar-refractivity contribution in [3.63, 3.8) is 0 Å². The number of benzene rings is 3. The largest absolute Gasteiger partial charge is 0.495 e. The number of rotatable bonds is 8. The van der Waals surface area contributed by atoms with Crippen LogP contribution < -0.4 is 25.0 Å². The van der Waals surface area contributed by atoms with Crippen LogP contribution in [0, 0.1) is 5.82 Å². The standard InChI is InChI=1S/C24H21ClFN3O5/c1-32-20-10-6-17(25)12-19(20)28-23(30)24(31)29-27-13-16-5-9-21(22(11-16)33-2)34-14-15-3-7-18(26)8-4-15/h3-13H,14H2,1-2H3,(H,28,30)(H,29,31). The molecule has 176 valence electrons. The minimum absolute atomic E-state index is 0.229. The zero-order chi connectivity index (χ0) is 24.5. The van der Waals surface area contributed by atoms with Gasteiger partial charge < -0.3 is 19.5 Å². The van der Waals surface area contributed by atoms with Gasteiger partial charge in [-0.05, 0) is 59.7 Å². The summed E-state index contributed by atoms with van der Waals surface area (Å²) in [6.07, 6.45) is 1.34. The molecule has 0 aromatic heterocycles. The van der Waals surface area contributed by atoms with E-state index in [9.17, 15) is 14.0 Å². The fourth-order valence-corrected chi connectivity index (χ4v) is 2.97. The van der Waals surface area contributed by atoms with Gasteiger partial charge in [-0.15, -0.1) is 0 Å². The molecule has 0 saturated heterocycles. The van der Waals surface area contributed by atoms with E-state index in [1.165, 1.54) is 38.6 Å². The van der Waals surface area contributed by atoms with E-state index in [-0.39, 0.29) is 18.1 Å². The first-order valence-corrected chi connectivity index (χ1v) is 10.3. The fraction of sp³-hybridized carbons (Fsp3) is 0.125. The zero-order valence-corrected chi connectivity index (χ0v) is 19.1. The number of halogens is 2. The van der Waals surface area contributed by atoms with Crippen LogP contribution in [-0.2, 0) is 16.2 Å². The summed E-state index contributed by atoms with van der Waals surface area (Å²) in [5.41, 5.74) is 3.78. The van der Waals surface area contributed by atoms with Crippen LogP contribution in [0.4, 0.5) is 10.1 Å². The minimum Gasteiger partial charge on any atom is -0.495 e. The number of nitrogens with one attached hydrogen (secondary N) is 2. The number of carbonyl (C=O) groups is 2. The second-order valence-corrected chi connectivity index (χ2v) is 7.26. The monoisotopic (exact) mass is 485 g/mol. The van der Waals surface area contributed by atoms with Gasteiger partial charge >= 0.3 is 11.8 Å². The van der Waals surface area contributed by atoms with Crippen molar-refractivity contribution in [2.45, 2.75) is 6.61 Å². The summed E-state index contributed by atoms with van der Waals surface area (Å²) in [5, 5.41) is 6.58. The number of hydrogen-bond acceptors (Lipinski definition) is 6. The number of ether oxygens (including phenoxy) is 3. The van der Waals surface area contributed by atoms with Gasteiger partial charge in [0.1, 0.15) is 18.2 Å². The number of anilines is 1. The van der Waals surface area contributed by atoms with Gasteiger partial charge in [0.2, 0.25) is 0 Å². The van der Waals surface area contributed by atoms with Gasteiger partial charge in [-0.2, -0.15) is 5.10 Å². The van der Waals surface area contributed by atoms with E-state index in [0.717, 1.165) is 5.56 Å². The molecule has 34 heavy (non-hydrogen) atoms. The molecule has 8 nitrogen and oxygen atoms in total. The molecule has 2 amide bonds. The molecule has 0 unspecified atom stereocenters. The van der Waals surface area contributed by atoms with E-state index in [1.54, 1.807) is 42.5 Å². The Morgan fingerprint density at radius 2 is 1.65 bits per heavy atom. The van der Waals surface area contributed by atoms with Crippen molar-refractivity contribution in [1.82, 2.24) is 5.43 Å². The molecule has 0 saturated carbocycles. The third kappa shape index (κ3) is 6.69. The molecule has 3 aromatic rings. The van der Waals surface area contributed by atoms with Crippen molar-refractivity contribution in [3.05, 3.63) is 82.6 Å². The third-order valence-corrected chi connectivity index (χ3v) is 4.73. The molecule has 3 rings (SSSR count). The predicted octanol–water partition coefficient (Wildman–Crippen LogP) is 4.16. The predicted molar refractivity (Wildman–Crippen MR) is 126 cm³/mol. The minimum atomic E-state index is -0.982. The molecular formula is C24H21ClFN3O5. The number of methoxy groups -OCH3 is 2. The Labute approximate surface area is 200 Å². The van der Waals surface area contributed by atoms with E-state index < -0.39 is 11.8 Å². The SMILES string of the molecule is COc1ccc(Cl)cc1NC(=O)C(=O)NN=Cc1ccc(OCc2ccc(F)cc2)c(OC)c1. The molecule has 2 N–H and O–H groups in total. The zero-order valence-electron chi connectivity index (χ0n) is 18.3. The number of hydrogen-bond donors (Lipinski definition) is 2. The van der Waals surface area contributed by atoms with Crippen LogP contribution in [-0.4, -0.2) is 32.2 Å². The van der Waals surface area contributed by atoms with E-state index in [2.05, 4.69) is 15.8 Å². The van der Waals surface area contributed by atoms with Gasteiger partial charge in [-0.1, -0.05) is 23.7 Å². The van der Waals surface area contributed by atoms with Crippen molar-refractivity contribution >= 4 is 35.3 Å². The van der Waals surface area contributed by atoms with Gasteiger partial charge in [0.15, 0.2) is 11.5 Å². The molecule has 0 fully saturated rings. The normalized spacial score (nSPS) is 10.6. The Kier molecular flexibility index (Phi) is 8.42. The maximum Gasteiger partial charge on any atom is 0.329 e. The third-order valence-electron chi connectivity index (χ3n) is 4.49. The summed E-state index contributed by atoms with van der Waals surface area (Å²) in [6.45, 7) is 0.229. The van der Waals surface area contributed by atoms with Crippen LogP contribution in [0.1, 0.15) is 11.1 Å². The summed E-state index contributed by atoms with van der Waals surface area (Å²) < 4.78 is 29.2. The molecule has 0 aliphatic rings. The van der Waals surface area contributed by atoms with Gasteiger partial charge in [0.25, 0.3) is 0 Å². The van der Waals surface area contributed by atoms with Crippen molar-refractivity contribution in [3.8, 4) is 17.2 Å². The average Bonchev–Trinajstić information content (AvgIpc) is 2.84. The van der Waals surface area contributed by atoms with Gasteiger partial charge in [-0.25, -0.2) is 9.82 Å². The summed E-state index contributed by atoms with van der Waals surface area (Å²) in [6, 6.07) is 15.6. The Morgan fingerprint density at radius 1 is 0.941 bits per heavy atom. The van der Waals surface area contributed by atoms with E-state index in [1.807, 2.05) is 0 Å². The van der Waals surface area contributed by atoms with Crippen molar-refractivity contribution in [1.29, 1.82) is 0 Å². The Balaban J connectivity index is 1.58. The average molecular weight is 486 g/mol. The van der Waals surface area contributed by atoms with Crippen LogP contribution in [0.3, 0.4) is 0 Å². The second-order valence-electron chi connectivity index (χ2n) is 6.82. The second kappa shape index (κ2) is 11.7. The lowest BCUT2D eigenvalue weighted by Gasteiger charge is -2.11. The highest BCUT2D eigenvalue weighted by Crippen LogP contribution is 2.29. The smallest absolute Gasteiger partial charge is 0.329 e. The lowest BCUT2D eigenvalue weighted by molar-refractivity contribution is -0.136. The summed E-state index contributed by atoms with van der Waals surface area (Å²) >= 11 is 5.92. The molecule has 0 atom stereocenters. The van der Waals surface area contributed by atoms with Crippen LogP contribution >= 0.6 is 11.6 Å². The number of amides is 2. The van der Waals surface area contributed by atoms with Crippen LogP contribution in [0.5, 0.6) is 17.2 Å². The number of hydrazone groups is 1. The number of carbonyl (C=O) groups excluding carboxylic acids is 2. The summed E-state index contributed by atoms with van der Waals surface area (Å²) in [4.78, 5) is 24.2. The Morgan fingerprint density at radius 3 is 2.35 bits per heavy atom. The van der Waals surface area contributed by atoms with E-state index >= 15 is 0 Å². The molecular weight excluding hydrogens is 465 g/mol. The first-order chi connectivity index (χ1) is 16.4. The highest BCUT2D eigenvalue weighted by atomic mass is 35.5. The molecule has 3 aromatic carbocycles. The van der Waals surface area contributed by atoms with Gasteiger partial charge in [0.05, 0.1) is 26.1 Å². The summed E-state index contributed by atoms with van der Waals surface area (Å²) in [5.74, 6) is -0.989. The Bertz CT molecular complexity index is 1200.